The van der Waals surface area contributed by atoms with Crippen LogP contribution in [0.3, 0.4) is 0 Å². The second-order valence-corrected chi connectivity index (χ2v) is 5.86. The average Bonchev–Trinajstić information content (AvgIpc) is 2.88. The Hall–Kier alpha value is -0.830. The predicted molar refractivity (Wildman–Crippen MR) is 80.2 cm³/mol. The number of hydrogen-bond donors (Lipinski definition) is 1. The summed E-state index contributed by atoms with van der Waals surface area (Å²) in [5, 5.41) is 8.33. The molecule has 0 saturated heterocycles. The minimum Gasteiger partial charge on any atom is -0.308 e. The molecule has 3 heteroatoms. The van der Waals surface area contributed by atoms with Crippen molar-refractivity contribution >= 4 is 0 Å². The standard InChI is InChI=1S/C16H29N3/c1-4-15-11-16(19(5-2)18-15)12-17-13(3)14-9-7-6-8-10-14/h11,13-14,17H,4-10,12H2,1-3H3. The highest BCUT2D eigenvalue weighted by Crippen LogP contribution is 2.26. The highest BCUT2D eigenvalue weighted by atomic mass is 15.3. The Kier molecular flexibility index (Phi) is 5.44. The first kappa shape index (κ1) is 14.6. The zero-order valence-corrected chi connectivity index (χ0v) is 12.8. The van der Waals surface area contributed by atoms with Gasteiger partial charge in [0.1, 0.15) is 0 Å². The van der Waals surface area contributed by atoms with Crippen LogP contribution in [-0.2, 0) is 19.5 Å². The largest absolute Gasteiger partial charge is 0.308 e. The minimum atomic E-state index is 0.630. The van der Waals surface area contributed by atoms with Crippen LogP contribution in [0.1, 0.15) is 64.3 Å². The predicted octanol–water partition coefficient (Wildman–Crippen LogP) is 3.52. The van der Waals surface area contributed by atoms with Gasteiger partial charge in [-0.25, -0.2) is 0 Å². The van der Waals surface area contributed by atoms with Crippen molar-refractivity contribution in [3.8, 4) is 0 Å². The summed E-state index contributed by atoms with van der Waals surface area (Å²) in [6.45, 7) is 8.61. The number of rotatable bonds is 6. The van der Waals surface area contributed by atoms with Crippen LogP contribution >= 0.6 is 0 Å². The van der Waals surface area contributed by atoms with Crippen molar-refractivity contribution in [1.82, 2.24) is 15.1 Å². The second kappa shape index (κ2) is 7.09. The van der Waals surface area contributed by atoms with Gasteiger partial charge >= 0.3 is 0 Å². The Bertz CT molecular complexity index is 377. The van der Waals surface area contributed by atoms with Crippen molar-refractivity contribution in [2.75, 3.05) is 0 Å². The summed E-state index contributed by atoms with van der Waals surface area (Å²) in [5.74, 6) is 0.873. The second-order valence-electron chi connectivity index (χ2n) is 5.86. The highest BCUT2D eigenvalue weighted by molar-refractivity contribution is 5.10. The molecule has 0 aromatic carbocycles. The lowest BCUT2D eigenvalue weighted by Crippen LogP contribution is -2.34. The molecule has 3 nitrogen and oxygen atoms in total. The van der Waals surface area contributed by atoms with Crippen molar-refractivity contribution in [1.29, 1.82) is 0 Å². The summed E-state index contributed by atoms with van der Waals surface area (Å²) in [5.41, 5.74) is 2.55. The van der Waals surface area contributed by atoms with E-state index in [1.807, 2.05) is 0 Å². The molecule has 1 N–H and O–H groups in total. The molecule has 1 fully saturated rings. The monoisotopic (exact) mass is 263 g/mol. The number of aryl methyl sites for hydroxylation is 2. The highest BCUT2D eigenvalue weighted by Gasteiger charge is 2.19. The maximum atomic E-state index is 4.61. The van der Waals surface area contributed by atoms with Crippen LogP contribution in [0, 0.1) is 5.92 Å². The molecule has 108 valence electrons. The van der Waals surface area contributed by atoms with Gasteiger partial charge in [-0.3, -0.25) is 4.68 Å². The number of nitrogens with one attached hydrogen (secondary N) is 1. The van der Waals surface area contributed by atoms with Gasteiger partial charge in [0.05, 0.1) is 11.4 Å². The SMILES string of the molecule is CCc1cc(CNC(C)C2CCCCC2)n(CC)n1. The van der Waals surface area contributed by atoms with Crippen molar-refractivity contribution < 1.29 is 0 Å². The molecule has 1 saturated carbocycles. The average molecular weight is 263 g/mol. The lowest BCUT2D eigenvalue weighted by atomic mass is 9.84. The van der Waals surface area contributed by atoms with Gasteiger partial charge in [0.15, 0.2) is 0 Å². The molecule has 0 bridgehead atoms. The maximum absolute atomic E-state index is 4.61. The smallest absolute Gasteiger partial charge is 0.0625 e. The third-order valence-electron chi connectivity index (χ3n) is 4.54. The Morgan fingerprint density at radius 3 is 2.68 bits per heavy atom. The summed E-state index contributed by atoms with van der Waals surface area (Å²) in [4.78, 5) is 0. The van der Waals surface area contributed by atoms with E-state index in [1.165, 1.54) is 43.5 Å². The van der Waals surface area contributed by atoms with Crippen molar-refractivity contribution in [3.63, 3.8) is 0 Å². The van der Waals surface area contributed by atoms with Gasteiger partial charge in [0, 0.05) is 19.1 Å². The summed E-state index contributed by atoms with van der Waals surface area (Å²) >= 11 is 0. The van der Waals surface area contributed by atoms with Crippen LogP contribution in [0.2, 0.25) is 0 Å². The Morgan fingerprint density at radius 1 is 1.32 bits per heavy atom. The number of aromatic nitrogens is 2. The summed E-state index contributed by atoms with van der Waals surface area (Å²) in [6, 6.07) is 2.88. The van der Waals surface area contributed by atoms with Gasteiger partial charge < -0.3 is 5.32 Å². The first-order valence-electron chi connectivity index (χ1n) is 8.03. The Morgan fingerprint density at radius 2 is 2.05 bits per heavy atom. The zero-order chi connectivity index (χ0) is 13.7. The van der Waals surface area contributed by atoms with Gasteiger partial charge in [-0.1, -0.05) is 26.2 Å². The van der Waals surface area contributed by atoms with Crippen molar-refractivity contribution in [2.45, 2.75) is 78.4 Å². The minimum absolute atomic E-state index is 0.630. The molecular weight excluding hydrogens is 234 g/mol. The van der Waals surface area contributed by atoms with Gasteiger partial charge in [-0.15, -0.1) is 0 Å². The molecular formula is C16H29N3. The van der Waals surface area contributed by atoms with E-state index in [0.29, 0.717) is 6.04 Å². The van der Waals surface area contributed by atoms with E-state index in [1.54, 1.807) is 0 Å². The molecule has 1 aliphatic carbocycles. The molecule has 0 radical (unpaired) electrons. The lowest BCUT2D eigenvalue weighted by Gasteiger charge is -2.28. The quantitative estimate of drug-likeness (QED) is 0.851. The summed E-state index contributed by atoms with van der Waals surface area (Å²) in [6.07, 6.45) is 8.11. The fourth-order valence-electron chi connectivity index (χ4n) is 3.17. The molecule has 0 spiro atoms. The first-order valence-corrected chi connectivity index (χ1v) is 8.03. The Balaban J connectivity index is 1.88. The molecule has 1 aromatic heterocycles. The third kappa shape index (κ3) is 3.82. The van der Waals surface area contributed by atoms with Crippen LogP contribution in [-0.4, -0.2) is 15.8 Å². The normalized spacial score (nSPS) is 18.7. The maximum Gasteiger partial charge on any atom is 0.0625 e. The molecule has 1 aromatic rings. The van der Waals surface area contributed by atoms with E-state index in [9.17, 15) is 0 Å². The van der Waals surface area contributed by atoms with Gasteiger partial charge in [-0.05, 0) is 45.1 Å². The fraction of sp³-hybridized carbons (Fsp3) is 0.812. The van der Waals surface area contributed by atoms with Gasteiger partial charge in [0.25, 0.3) is 0 Å². The van der Waals surface area contributed by atoms with E-state index in [0.717, 1.165) is 25.4 Å². The summed E-state index contributed by atoms with van der Waals surface area (Å²) in [7, 11) is 0. The molecule has 1 heterocycles. The Labute approximate surface area is 117 Å². The van der Waals surface area contributed by atoms with E-state index in [-0.39, 0.29) is 0 Å². The van der Waals surface area contributed by atoms with Gasteiger partial charge in [-0.2, -0.15) is 5.10 Å². The zero-order valence-electron chi connectivity index (χ0n) is 12.8. The van der Waals surface area contributed by atoms with E-state index in [4.69, 9.17) is 0 Å². The van der Waals surface area contributed by atoms with Crippen LogP contribution in [0.15, 0.2) is 6.07 Å². The van der Waals surface area contributed by atoms with Crippen LogP contribution in [0.25, 0.3) is 0 Å². The molecule has 1 atom stereocenters. The summed E-state index contributed by atoms with van der Waals surface area (Å²) < 4.78 is 2.14. The van der Waals surface area contributed by atoms with Crippen LogP contribution < -0.4 is 5.32 Å². The molecule has 0 amide bonds. The molecule has 2 rings (SSSR count). The van der Waals surface area contributed by atoms with Crippen LogP contribution in [0.4, 0.5) is 0 Å². The molecule has 19 heavy (non-hydrogen) atoms. The molecule has 1 aliphatic rings. The van der Waals surface area contributed by atoms with Crippen molar-refractivity contribution in [2.24, 2.45) is 5.92 Å². The van der Waals surface area contributed by atoms with E-state index < -0.39 is 0 Å². The topological polar surface area (TPSA) is 29.9 Å². The lowest BCUT2D eigenvalue weighted by molar-refractivity contribution is 0.279. The number of hydrogen-bond acceptors (Lipinski definition) is 2. The first-order chi connectivity index (χ1) is 9.24. The van der Waals surface area contributed by atoms with Crippen LogP contribution in [0.5, 0.6) is 0 Å². The third-order valence-corrected chi connectivity index (χ3v) is 4.54. The number of nitrogens with zero attached hydrogens (tertiary/aromatic N) is 2. The van der Waals surface area contributed by atoms with Crippen molar-refractivity contribution in [3.05, 3.63) is 17.5 Å². The molecule has 0 aliphatic heterocycles. The van der Waals surface area contributed by atoms with Gasteiger partial charge in [0.2, 0.25) is 0 Å². The fourth-order valence-corrected chi connectivity index (χ4v) is 3.17. The van der Waals surface area contributed by atoms with E-state index >= 15 is 0 Å². The molecule has 1 unspecified atom stereocenters. The van der Waals surface area contributed by atoms with E-state index in [2.05, 4.69) is 41.9 Å².